The number of aliphatic hydroxyl groups excluding tert-OH is 2. The number of carbonyl (C=O) groups is 2. The molecule has 0 spiro atoms. The maximum absolute atomic E-state index is 12.4. The Morgan fingerprint density at radius 1 is 0.881 bits per heavy atom. The zero-order chi connectivity index (χ0) is 30.7. The molecule has 17 nitrogen and oxygen atoms in total. The molecule has 0 aromatic rings. The number of nitrogens with zero attached hydrogens (tertiary/aromatic N) is 2. The number of phosphoric ester groups is 2. The van der Waals surface area contributed by atoms with Crippen LogP contribution in [-0.4, -0.2) is 91.7 Å². The van der Waals surface area contributed by atoms with Gasteiger partial charge in [0.25, 0.3) is 0 Å². The summed E-state index contributed by atoms with van der Waals surface area (Å²) in [5, 5.41) is 20.6. The molecule has 4 heterocycles. The van der Waals surface area contributed by atoms with E-state index in [9.17, 15) is 38.7 Å². The van der Waals surface area contributed by atoms with E-state index in [2.05, 4.69) is 4.31 Å². The average Bonchev–Trinajstić information content (AvgIpc) is 3.41. The van der Waals surface area contributed by atoms with Crippen LogP contribution in [0.25, 0.3) is 0 Å². The molecule has 19 heteroatoms. The van der Waals surface area contributed by atoms with Crippen LogP contribution in [0.2, 0.25) is 0 Å². The van der Waals surface area contributed by atoms with E-state index in [-0.39, 0.29) is 12.0 Å². The molecule has 42 heavy (non-hydrogen) atoms. The first-order chi connectivity index (χ1) is 19.7. The second-order valence-corrected chi connectivity index (χ2v) is 13.0. The quantitative estimate of drug-likeness (QED) is 0.151. The zero-order valence-electron chi connectivity index (χ0n) is 22.3. The summed E-state index contributed by atoms with van der Waals surface area (Å²) in [7, 11) is -10.4. The van der Waals surface area contributed by atoms with Gasteiger partial charge in [0.2, 0.25) is 11.8 Å². The van der Waals surface area contributed by atoms with Gasteiger partial charge >= 0.3 is 15.6 Å². The zero-order valence-corrected chi connectivity index (χ0v) is 24.1. The lowest BCUT2D eigenvalue weighted by Gasteiger charge is -2.41. The molecule has 4 aliphatic rings. The van der Waals surface area contributed by atoms with Gasteiger partial charge in [0.15, 0.2) is 0 Å². The van der Waals surface area contributed by atoms with Crippen molar-refractivity contribution in [3.05, 3.63) is 48.1 Å². The van der Waals surface area contributed by atoms with Crippen LogP contribution in [0.5, 0.6) is 0 Å². The number of carbonyl (C=O) groups excluding carboxylic acids is 2. The van der Waals surface area contributed by atoms with Crippen molar-refractivity contribution in [1.82, 2.24) is 9.80 Å². The number of hydrogen-bond donors (Lipinski definition) is 6. The SMILES string of the molecule is NC(=O)C1=CN([C@H]2CC[C@@H](COP(=O)(O)OP(=O)(O)OC[C@H]3O[C@@H](N4C=CCC(C(N)=O)=C4)C[C@H](O)[C@@H]3O)O2)C=CC1. The van der Waals surface area contributed by atoms with E-state index in [0.29, 0.717) is 31.3 Å². The Labute approximate surface area is 240 Å². The van der Waals surface area contributed by atoms with Crippen molar-refractivity contribution in [3.63, 3.8) is 0 Å². The first kappa shape index (κ1) is 32.5. The minimum Gasteiger partial charge on any atom is -0.390 e. The number of phosphoric acid groups is 2. The molecule has 234 valence electrons. The van der Waals surface area contributed by atoms with Crippen molar-refractivity contribution in [2.75, 3.05) is 13.2 Å². The Balaban J connectivity index is 1.26. The molecule has 2 saturated heterocycles. The Morgan fingerprint density at radius 3 is 2.00 bits per heavy atom. The number of hydrogen-bond acceptors (Lipinski definition) is 13. The lowest BCUT2D eigenvalue weighted by atomic mass is 10.00. The Hall–Kier alpha value is -2.40. The van der Waals surface area contributed by atoms with Crippen molar-refractivity contribution in [2.45, 2.75) is 69.0 Å². The number of ether oxygens (including phenoxy) is 2. The normalized spacial score (nSPS) is 32.6. The fourth-order valence-corrected chi connectivity index (χ4v) is 6.76. The van der Waals surface area contributed by atoms with Crippen molar-refractivity contribution in [1.29, 1.82) is 0 Å². The second kappa shape index (κ2) is 13.5. The maximum Gasteiger partial charge on any atom is 0.481 e. The third-order valence-corrected chi connectivity index (χ3v) is 9.41. The number of primary amides is 2. The van der Waals surface area contributed by atoms with Gasteiger partial charge in [0, 0.05) is 42.4 Å². The molecule has 0 radical (unpaired) electrons. The molecule has 0 aliphatic carbocycles. The highest BCUT2D eigenvalue weighted by atomic mass is 31.3. The van der Waals surface area contributed by atoms with E-state index in [4.69, 9.17) is 30.0 Å². The van der Waals surface area contributed by atoms with E-state index in [1.165, 1.54) is 11.1 Å². The topological polar surface area (TPSA) is 254 Å². The summed E-state index contributed by atoms with van der Waals surface area (Å²) in [6.07, 6.45) is 4.84. The van der Waals surface area contributed by atoms with Crippen LogP contribution in [0.15, 0.2) is 48.1 Å². The highest BCUT2D eigenvalue weighted by molar-refractivity contribution is 7.61. The van der Waals surface area contributed by atoms with Gasteiger partial charge in [-0.05, 0) is 25.7 Å². The van der Waals surface area contributed by atoms with Crippen molar-refractivity contribution in [2.24, 2.45) is 11.5 Å². The van der Waals surface area contributed by atoms with E-state index >= 15 is 0 Å². The van der Waals surface area contributed by atoms with Crippen LogP contribution < -0.4 is 11.5 Å². The van der Waals surface area contributed by atoms with Gasteiger partial charge in [-0.1, -0.05) is 12.2 Å². The molecule has 0 saturated carbocycles. The summed E-state index contributed by atoms with van der Waals surface area (Å²) < 4.78 is 50.3. The average molecular weight is 636 g/mol. The summed E-state index contributed by atoms with van der Waals surface area (Å²) in [6, 6.07) is 0. The molecule has 0 bridgehead atoms. The number of rotatable bonds is 12. The molecule has 4 rings (SSSR count). The van der Waals surface area contributed by atoms with Gasteiger partial charge in [-0.2, -0.15) is 4.31 Å². The van der Waals surface area contributed by atoms with Gasteiger partial charge < -0.3 is 50.7 Å². The smallest absolute Gasteiger partial charge is 0.390 e. The number of amides is 2. The highest BCUT2D eigenvalue weighted by Crippen LogP contribution is 2.60. The van der Waals surface area contributed by atoms with Crippen molar-refractivity contribution >= 4 is 27.5 Å². The number of allylic oxidation sites excluding steroid dienone is 2. The number of nitrogens with two attached hydrogens (primary N) is 2. The molecule has 0 aromatic heterocycles. The lowest BCUT2D eigenvalue weighted by molar-refractivity contribution is -0.203. The van der Waals surface area contributed by atoms with Crippen LogP contribution in [0.4, 0.5) is 0 Å². The molecule has 0 aromatic carbocycles. The molecular weight excluding hydrogens is 602 g/mol. The van der Waals surface area contributed by atoms with Gasteiger partial charge in [0.05, 0.1) is 25.4 Å². The van der Waals surface area contributed by atoms with E-state index < -0.39 is 77.5 Å². The van der Waals surface area contributed by atoms with Crippen molar-refractivity contribution < 1.29 is 61.6 Å². The van der Waals surface area contributed by atoms with Gasteiger partial charge in [0.1, 0.15) is 24.7 Å². The molecule has 2 unspecified atom stereocenters. The third kappa shape index (κ3) is 8.58. The Bertz CT molecular complexity index is 1260. The first-order valence-corrected chi connectivity index (χ1v) is 15.9. The summed E-state index contributed by atoms with van der Waals surface area (Å²) in [5.41, 5.74) is 11.3. The molecule has 4 aliphatic heterocycles. The van der Waals surface area contributed by atoms with Crippen LogP contribution >= 0.6 is 15.6 Å². The molecule has 8 N–H and O–H groups in total. The van der Waals surface area contributed by atoms with E-state index in [1.807, 2.05) is 0 Å². The van der Waals surface area contributed by atoms with Gasteiger partial charge in [-0.3, -0.25) is 18.6 Å². The minimum atomic E-state index is -5.23. The van der Waals surface area contributed by atoms with Crippen LogP contribution in [-0.2, 0) is 41.6 Å². The van der Waals surface area contributed by atoms with Crippen LogP contribution in [0.3, 0.4) is 0 Å². The predicted octanol–water partition coefficient (Wildman–Crippen LogP) is -0.244. The summed E-state index contributed by atoms with van der Waals surface area (Å²) >= 11 is 0. The summed E-state index contributed by atoms with van der Waals surface area (Å²) in [6.45, 7) is -1.28. The third-order valence-electron chi connectivity index (χ3n) is 6.81. The number of aliphatic hydroxyl groups is 2. The second-order valence-electron chi connectivity index (χ2n) is 9.93. The fraction of sp³-hybridized carbons (Fsp3) is 0.565. The first-order valence-electron chi connectivity index (χ1n) is 13.0. The minimum absolute atomic E-state index is 0.0851. The predicted molar refractivity (Wildman–Crippen MR) is 142 cm³/mol. The van der Waals surface area contributed by atoms with Gasteiger partial charge in [-0.15, -0.1) is 0 Å². The fourth-order valence-electron chi connectivity index (χ4n) is 4.65. The Morgan fingerprint density at radius 2 is 1.43 bits per heavy atom. The maximum atomic E-state index is 12.4. The standard InChI is InChI=1S/C23H34N4O13P2/c24-22(30)14-3-1-7-26(10-14)19-6-5-16(38-19)12-36-41(32,33)40-42(34,35)37-13-18-21(29)17(28)9-20(39-18)27-8-2-4-15(11-27)23(25)31/h1-2,7-8,10-11,16-21,28-29H,3-6,9,12-13H2,(H2,24,30)(H2,25,31)(H,32,33)(H,34,35)/t16-,17-,18+,19+,20+,21-/m0/s1. The van der Waals surface area contributed by atoms with Gasteiger partial charge in [-0.25, -0.2) is 9.13 Å². The van der Waals surface area contributed by atoms with E-state index in [0.717, 1.165) is 0 Å². The van der Waals surface area contributed by atoms with Crippen LogP contribution in [0, 0.1) is 0 Å². The lowest BCUT2D eigenvalue weighted by Crippen LogP contribution is -2.53. The monoisotopic (exact) mass is 636 g/mol. The summed E-state index contributed by atoms with van der Waals surface area (Å²) in [5.74, 6) is -1.21. The molecule has 8 atom stereocenters. The van der Waals surface area contributed by atoms with Crippen molar-refractivity contribution in [3.8, 4) is 0 Å². The molecular formula is C23H34N4O13P2. The molecule has 2 amide bonds. The van der Waals surface area contributed by atoms with E-state index in [1.54, 1.807) is 35.7 Å². The molecule has 2 fully saturated rings. The Kier molecular flexibility index (Phi) is 10.4. The van der Waals surface area contributed by atoms with Crippen LogP contribution in [0.1, 0.15) is 32.1 Å². The summed E-state index contributed by atoms with van der Waals surface area (Å²) in [4.78, 5) is 46.1. The highest BCUT2D eigenvalue weighted by Gasteiger charge is 2.42. The largest absolute Gasteiger partial charge is 0.481 e.